The Hall–Kier alpha value is -1.27. The molecular formula is C15H19BrN2O3. The first-order valence-electron chi connectivity index (χ1n) is 7.22. The minimum Gasteiger partial charge on any atom is -0.454 e. The fraction of sp³-hybridized carbons (Fsp3) is 0.533. The number of nitrogens with zero attached hydrogens (tertiary/aromatic N) is 1. The molecule has 1 saturated heterocycles. The molecule has 0 aromatic heterocycles. The van der Waals surface area contributed by atoms with Gasteiger partial charge in [-0.2, -0.15) is 0 Å². The average molecular weight is 355 g/mol. The van der Waals surface area contributed by atoms with E-state index >= 15 is 0 Å². The predicted octanol–water partition coefficient (Wildman–Crippen LogP) is 2.25. The van der Waals surface area contributed by atoms with Gasteiger partial charge in [-0.1, -0.05) is 0 Å². The maximum Gasteiger partial charge on any atom is 0.254 e. The van der Waals surface area contributed by atoms with Gasteiger partial charge in [0.25, 0.3) is 5.91 Å². The minimum atomic E-state index is 0.0646. The van der Waals surface area contributed by atoms with Crippen molar-refractivity contribution in [2.75, 3.05) is 33.5 Å². The zero-order chi connectivity index (χ0) is 14.8. The Morgan fingerprint density at radius 3 is 3.14 bits per heavy atom. The molecule has 3 rings (SSSR count). The normalized spacial score (nSPS) is 20.7. The lowest BCUT2D eigenvalue weighted by Gasteiger charge is -2.32. The highest BCUT2D eigenvalue weighted by atomic mass is 79.9. The van der Waals surface area contributed by atoms with Crippen LogP contribution in [0.4, 0.5) is 0 Å². The van der Waals surface area contributed by atoms with E-state index in [-0.39, 0.29) is 12.7 Å². The smallest absolute Gasteiger partial charge is 0.254 e. The molecule has 1 atom stereocenters. The second-order valence-electron chi connectivity index (χ2n) is 5.51. The maximum absolute atomic E-state index is 12.7. The molecule has 1 fully saturated rings. The summed E-state index contributed by atoms with van der Waals surface area (Å²) in [5.41, 5.74) is 0.649. The fourth-order valence-corrected chi connectivity index (χ4v) is 3.53. The van der Waals surface area contributed by atoms with Gasteiger partial charge in [-0.05, 0) is 60.4 Å². The van der Waals surface area contributed by atoms with Crippen LogP contribution < -0.4 is 14.8 Å². The first-order valence-corrected chi connectivity index (χ1v) is 8.01. The van der Waals surface area contributed by atoms with Crippen molar-refractivity contribution in [3.05, 3.63) is 22.2 Å². The topological polar surface area (TPSA) is 50.8 Å². The molecule has 2 heterocycles. The van der Waals surface area contributed by atoms with E-state index in [4.69, 9.17) is 9.47 Å². The van der Waals surface area contributed by atoms with Crippen LogP contribution in [0.5, 0.6) is 11.5 Å². The van der Waals surface area contributed by atoms with Crippen LogP contribution in [-0.2, 0) is 0 Å². The van der Waals surface area contributed by atoms with Crippen molar-refractivity contribution in [1.29, 1.82) is 0 Å². The van der Waals surface area contributed by atoms with Crippen LogP contribution in [-0.4, -0.2) is 44.3 Å². The van der Waals surface area contributed by atoms with Crippen molar-refractivity contribution < 1.29 is 14.3 Å². The lowest BCUT2D eigenvalue weighted by Crippen LogP contribution is -2.42. The molecule has 114 valence electrons. The second kappa shape index (κ2) is 6.23. The maximum atomic E-state index is 12.7. The molecule has 1 unspecified atom stereocenters. The molecule has 2 aliphatic rings. The summed E-state index contributed by atoms with van der Waals surface area (Å²) in [6.07, 6.45) is 2.24. The number of likely N-dealkylation sites (tertiary alicyclic amines) is 1. The first kappa shape index (κ1) is 14.7. The van der Waals surface area contributed by atoms with Gasteiger partial charge in [0.15, 0.2) is 11.5 Å². The Morgan fingerprint density at radius 2 is 2.33 bits per heavy atom. The summed E-state index contributed by atoms with van der Waals surface area (Å²) in [6, 6.07) is 3.59. The molecule has 21 heavy (non-hydrogen) atoms. The minimum absolute atomic E-state index is 0.0646. The van der Waals surface area contributed by atoms with Gasteiger partial charge in [-0.3, -0.25) is 4.79 Å². The Balaban J connectivity index is 1.77. The third kappa shape index (κ3) is 3.01. The number of rotatable bonds is 3. The quantitative estimate of drug-likeness (QED) is 0.904. The van der Waals surface area contributed by atoms with E-state index in [9.17, 15) is 4.79 Å². The van der Waals surface area contributed by atoms with Gasteiger partial charge in [0.05, 0.1) is 4.47 Å². The molecule has 0 aliphatic carbocycles. The Morgan fingerprint density at radius 1 is 1.48 bits per heavy atom. The number of hydrogen-bond acceptors (Lipinski definition) is 4. The number of carbonyl (C=O) groups is 1. The monoisotopic (exact) mass is 354 g/mol. The summed E-state index contributed by atoms with van der Waals surface area (Å²) in [4.78, 5) is 14.6. The van der Waals surface area contributed by atoms with Crippen molar-refractivity contribution in [3.63, 3.8) is 0 Å². The number of piperidine rings is 1. The summed E-state index contributed by atoms with van der Waals surface area (Å²) >= 11 is 3.44. The number of nitrogens with one attached hydrogen (secondary N) is 1. The molecule has 0 bridgehead atoms. The molecule has 5 nitrogen and oxygen atoms in total. The van der Waals surface area contributed by atoms with E-state index in [0.717, 1.165) is 30.5 Å². The number of benzene rings is 1. The molecule has 0 saturated carbocycles. The standard InChI is InChI=1S/C15H19BrN2O3/c1-17-7-10-3-2-4-18(8-10)15(19)11-5-12(16)14-13(6-11)20-9-21-14/h5-6,10,17H,2-4,7-9H2,1H3. The van der Waals surface area contributed by atoms with Crippen molar-refractivity contribution >= 4 is 21.8 Å². The van der Waals surface area contributed by atoms with Gasteiger partial charge >= 0.3 is 0 Å². The summed E-state index contributed by atoms with van der Waals surface area (Å²) < 4.78 is 11.5. The molecular weight excluding hydrogens is 336 g/mol. The number of halogens is 1. The summed E-state index contributed by atoms with van der Waals surface area (Å²) in [5, 5.41) is 3.20. The van der Waals surface area contributed by atoms with Crippen LogP contribution in [0.2, 0.25) is 0 Å². The van der Waals surface area contributed by atoms with Gasteiger partial charge in [0.2, 0.25) is 6.79 Å². The van der Waals surface area contributed by atoms with Crippen LogP contribution in [0, 0.1) is 5.92 Å². The molecule has 1 N–H and O–H groups in total. The molecule has 0 radical (unpaired) electrons. The van der Waals surface area contributed by atoms with Gasteiger partial charge in [0, 0.05) is 18.7 Å². The molecule has 6 heteroatoms. The van der Waals surface area contributed by atoms with Crippen LogP contribution in [0.1, 0.15) is 23.2 Å². The third-order valence-electron chi connectivity index (χ3n) is 3.97. The van der Waals surface area contributed by atoms with Crippen molar-refractivity contribution in [3.8, 4) is 11.5 Å². The fourth-order valence-electron chi connectivity index (χ4n) is 2.98. The zero-order valence-electron chi connectivity index (χ0n) is 12.0. The predicted molar refractivity (Wildman–Crippen MR) is 82.8 cm³/mol. The largest absolute Gasteiger partial charge is 0.454 e. The summed E-state index contributed by atoms with van der Waals surface area (Å²) in [6.45, 7) is 2.80. The Kier molecular flexibility index (Phi) is 4.35. The highest BCUT2D eigenvalue weighted by Gasteiger charge is 2.26. The molecule has 2 aliphatic heterocycles. The average Bonchev–Trinajstić information content (AvgIpc) is 2.96. The third-order valence-corrected chi connectivity index (χ3v) is 4.56. The SMILES string of the molecule is CNCC1CCCN(C(=O)c2cc(Br)c3c(c2)OCO3)C1. The first-order chi connectivity index (χ1) is 10.2. The van der Waals surface area contributed by atoms with E-state index in [2.05, 4.69) is 21.2 Å². The van der Waals surface area contributed by atoms with Crippen molar-refractivity contribution in [2.24, 2.45) is 5.92 Å². The highest BCUT2D eigenvalue weighted by Crippen LogP contribution is 2.40. The van der Waals surface area contributed by atoms with Gasteiger partial charge in [0.1, 0.15) is 0 Å². The Bertz CT molecular complexity index is 548. The Labute approximate surface area is 132 Å². The zero-order valence-corrected chi connectivity index (χ0v) is 13.6. The summed E-state index contributed by atoms with van der Waals surface area (Å²) in [7, 11) is 1.95. The number of ether oxygens (including phenoxy) is 2. The van der Waals surface area contributed by atoms with E-state index in [1.165, 1.54) is 6.42 Å². The summed E-state index contributed by atoms with van der Waals surface area (Å²) in [5.74, 6) is 1.91. The van der Waals surface area contributed by atoms with Gasteiger partial charge < -0.3 is 19.7 Å². The highest BCUT2D eigenvalue weighted by molar-refractivity contribution is 9.10. The van der Waals surface area contributed by atoms with E-state index in [1.807, 2.05) is 18.0 Å². The van der Waals surface area contributed by atoms with Gasteiger partial charge in [-0.25, -0.2) is 0 Å². The number of fused-ring (bicyclic) bond motifs is 1. The van der Waals surface area contributed by atoms with Crippen LogP contribution >= 0.6 is 15.9 Å². The van der Waals surface area contributed by atoms with Crippen molar-refractivity contribution in [1.82, 2.24) is 10.2 Å². The van der Waals surface area contributed by atoms with E-state index < -0.39 is 0 Å². The lowest BCUT2D eigenvalue weighted by atomic mass is 9.97. The molecule has 1 aromatic rings. The van der Waals surface area contributed by atoms with E-state index in [0.29, 0.717) is 23.0 Å². The second-order valence-corrected chi connectivity index (χ2v) is 6.36. The van der Waals surface area contributed by atoms with Crippen LogP contribution in [0.3, 0.4) is 0 Å². The number of hydrogen-bond donors (Lipinski definition) is 1. The number of carbonyl (C=O) groups excluding carboxylic acids is 1. The van der Waals surface area contributed by atoms with Gasteiger partial charge in [-0.15, -0.1) is 0 Å². The lowest BCUT2D eigenvalue weighted by molar-refractivity contribution is 0.0674. The van der Waals surface area contributed by atoms with Crippen molar-refractivity contribution in [2.45, 2.75) is 12.8 Å². The number of amides is 1. The van der Waals surface area contributed by atoms with E-state index in [1.54, 1.807) is 6.07 Å². The van der Waals surface area contributed by atoms with Crippen LogP contribution in [0.15, 0.2) is 16.6 Å². The molecule has 1 amide bonds. The van der Waals surface area contributed by atoms with Crippen LogP contribution in [0.25, 0.3) is 0 Å². The molecule has 1 aromatic carbocycles. The molecule has 0 spiro atoms.